The average Bonchev–Trinajstić information content (AvgIpc) is 3.03. The van der Waals surface area contributed by atoms with Crippen LogP contribution in [0.2, 0.25) is 0 Å². The molecule has 30 heavy (non-hydrogen) atoms. The van der Waals surface area contributed by atoms with Gasteiger partial charge in [-0.05, 0) is 68.1 Å². The van der Waals surface area contributed by atoms with Crippen molar-refractivity contribution in [2.45, 2.75) is 95.8 Å². The van der Waals surface area contributed by atoms with Gasteiger partial charge in [-0.15, -0.1) is 0 Å². The molecular formula is C24H35F3O3. The summed E-state index contributed by atoms with van der Waals surface area (Å²) in [6, 6.07) is 5.43. The van der Waals surface area contributed by atoms with Crippen LogP contribution in [0.1, 0.15) is 88.2 Å². The minimum absolute atomic E-state index is 0.211. The Morgan fingerprint density at radius 2 is 1.53 bits per heavy atom. The van der Waals surface area contributed by atoms with Crippen molar-refractivity contribution >= 4 is 5.97 Å². The van der Waals surface area contributed by atoms with Crippen LogP contribution in [0.25, 0.3) is 0 Å². The Kier molecular flexibility index (Phi) is 10.2. The van der Waals surface area contributed by atoms with E-state index in [0.717, 1.165) is 94.7 Å². The summed E-state index contributed by atoms with van der Waals surface area (Å²) in [6.07, 6.45) is 7.47. The van der Waals surface area contributed by atoms with Crippen molar-refractivity contribution in [2.24, 2.45) is 11.8 Å². The van der Waals surface area contributed by atoms with Gasteiger partial charge in [0.05, 0.1) is 11.7 Å². The number of aliphatic hydroxyl groups is 1. The fraction of sp³-hybridized carbons (Fsp3) is 0.708. The molecule has 0 spiro atoms. The molecule has 0 aromatic heterocycles. The second-order valence-corrected chi connectivity index (χ2v) is 8.71. The molecule has 2 rings (SSSR count). The first kappa shape index (κ1) is 24.7. The molecule has 6 heteroatoms. The Morgan fingerprint density at radius 3 is 2.20 bits per heavy atom. The molecule has 1 saturated carbocycles. The molecule has 3 atom stereocenters. The maximum absolute atomic E-state index is 12.6. The Hall–Kier alpha value is -1.56. The normalized spacial score (nSPS) is 21.8. The third kappa shape index (κ3) is 8.66. The molecular weight excluding hydrogens is 393 g/mol. The van der Waals surface area contributed by atoms with Crippen molar-refractivity contribution in [1.82, 2.24) is 0 Å². The lowest BCUT2D eigenvalue weighted by molar-refractivity contribution is -0.138. The number of halogens is 3. The molecule has 2 N–H and O–H groups in total. The first-order valence-corrected chi connectivity index (χ1v) is 11.3. The first-order valence-electron chi connectivity index (χ1n) is 11.3. The molecule has 1 unspecified atom stereocenters. The highest BCUT2D eigenvalue weighted by Gasteiger charge is 2.33. The summed E-state index contributed by atoms with van der Waals surface area (Å²) in [6.45, 7) is 0. The molecule has 0 aliphatic heterocycles. The van der Waals surface area contributed by atoms with E-state index in [4.69, 9.17) is 5.11 Å². The molecule has 0 radical (unpaired) electrons. The van der Waals surface area contributed by atoms with Gasteiger partial charge in [0, 0.05) is 6.42 Å². The number of aryl methyl sites for hydroxylation is 1. The van der Waals surface area contributed by atoms with Gasteiger partial charge in [-0.25, -0.2) is 0 Å². The van der Waals surface area contributed by atoms with Gasteiger partial charge >= 0.3 is 12.1 Å². The Morgan fingerprint density at radius 1 is 0.900 bits per heavy atom. The highest BCUT2D eigenvalue weighted by atomic mass is 19.4. The van der Waals surface area contributed by atoms with E-state index < -0.39 is 17.7 Å². The van der Waals surface area contributed by atoms with Gasteiger partial charge < -0.3 is 10.2 Å². The number of aliphatic hydroxyl groups excluding tert-OH is 1. The second kappa shape index (κ2) is 12.3. The Balaban J connectivity index is 1.61. The summed E-state index contributed by atoms with van der Waals surface area (Å²) in [5.74, 6) is 0.191. The standard InChI is InChI=1S/C24H35F3O3/c25-24(26,27)20-15-12-18(13-16-20)8-4-3-6-10-21-19(14-17-22(21)28)9-5-1-2-7-11-23(29)30/h12-13,15-16,19,21-22,28H,1-11,14,17H2,(H,29,30)/t19-,21?,22+/m0/s1. The number of benzene rings is 1. The largest absolute Gasteiger partial charge is 0.481 e. The van der Waals surface area contributed by atoms with Gasteiger partial charge in [-0.1, -0.05) is 50.7 Å². The molecule has 1 aromatic rings. The summed E-state index contributed by atoms with van der Waals surface area (Å²) in [7, 11) is 0. The predicted molar refractivity (Wildman–Crippen MR) is 111 cm³/mol. The number of carbonyl (C=O) groups is 1. The zero-order valence-electron chi connectivity index (χ0n) is 17.7. The van der Waals surface area contributed by atoms with Crippen molar-refractivity contribution in [3.05, 3.63) is 35.4 Å². The molecule has 0 amide bonds. The molecule has 0 heterocycles. The summed E-state index contributed by atoms with van der Waals surface area (Å²) in [5, 5.41) is 19.0. The minimum atomic E-state index is -4.28. The molecule has 1 aliphatic rings. The number of rotatable bonds is 13. The molecule has 170 valence electrons. The molecule has 1 fully saturated rings. The summed E-state index contributed by atoms with van der Waals surface area (Å²) in [4.78, 5) is 10.5. The lowest BCUT2D eigenvalue weighted by atomic mass is 9.85. The zero-order valence-corrected chi connectivity index (χ0v) is 17.7. The topological polar surface area (TPSA) is 57.5 Å². The van der Waals surface area contributed by atoms with E-state index in [0.29, 0.717) is 11.8 Å². The third-order valence-corrected chi connectivity index (χ3v) is 6.43. The smallest absolute Gasteiger partial charge is 0.416 e. The van der Waals surface area contributed by atoms with E-state index in [1.807, 2.05) is 0 Å². The SMILES string of the molecule is O=C(O)CCCCCC[C@H]1CC[C@@H](O)C1CCCCCc1ccc(C(F)(F)F)cc1. The van der Waals surface area contributed by atoms with E-state index in [2.05, 4.69) is 0 Å². The molecule has 3 nitrogen and oxygen atoms in total. The van der Waals surface area contributed by atoms with E-state index in [-0.39, 0.29) is 12.5 Å². The summed E-state index contributed by atoms with van der Waals surface area (Å²) < 4.78 is 37.8. The number of carboxylic acid groups (broad SMARTS) is 1. The van der Waals surface area contributed by atoms with Crippen LogP contribution in [0.5, 0.6) is 0 Å². The van der Waals surface area contributed by atoms with Crippen LogP contribution in [0.3, 0.4) is 0 Å². The molecule has 1 aromatic carbocycles. The number of hydrogen-bond donors (Lipinski definition) is 2. The van der Waals surface area contributed by atoms with Crippen LogP contribution < -0.4 is 0 Å². The molecule has 0 saturated heterocycles. The Labute approximate surface area is 177 Å². The van der Waals surface area contributed by atoms with Gasteiger partial charge in [-0.2, -0.15) is 13.2 Å². The summed E-state index contributed by atoms with van der Waals surface area (Å²) in [5.41, 5.74) is 0.332. The van der Waals surface area contributed by atoms with Crippen LogP contribution >= 0.6 is 0 Å². The number of hydrogen-bond acceptors (Lipinski definition) is 2. The number of alkyl halides is 3. The van der Waals surface area contributed by atoms with E-state index >= 15 is 0 Å². The van der Waals surface area contributed by atoms with E-state index in [9.17, 15) is 23.1 Å². The number of unbranched alkanes of at least 4 members (excludes halogenated alkanes) is 5. The van der Waals surface area contributed by atoms with Crippen molar-refractivity contribution in [3.63, 3.8) is 0 Å². The quantitative estimate of drug-likeness (QED) is 0.347. The van der Waals surface area contributed by atoms with Crippen molar-refractivity contribution < 1.29 is 28.2 Å². The van der Waals surface area contributed by atoms with Crippen LogP contribution in [-0.4, -0.2) is 22.3 Å². The van der Waals surface area contributed by atoms with E-state index in [1.165, 1.54) is 0 Å². The maximum Gasteiger partial charge on any atom is 0.416 e. The Bertz CT molecular complexity index is 628. The fourth-order valence-corrected chi connectivity index (χ4v) is 4.70. The van der Waals surface area contributed by atoms with Crippen molar-refractivity contribution in [1.29, 1.82) is 0 Å². The number of aliphatic carboxylic acids is 1. The lowest BCUT2D eigenvalue weighted by Crippen LogP contribution is -2.19. The summed E-state index contributed by atoms with van der Waals surface area (Å²) >= 11 is 0. The van der Waals surface area contributed by atoms with Gasteiger partial charge in [0.15, 0.2) is 0 Å². The van der Waals surface area contributed by atoms with Crippen LogP contribution in [0, 0.1) is 11.8 Å². The van der Waals surface area contributed by atoms with Gasteiger partial charge in [0.1, 0.15) is 0 Å². The number of carboxylic acids is 1. The predicted octanol–water partition coefficient (Wildman–Crippen LogP) is 6.62. The zero-order chi connectivity index (χ0) is 22.0. The minimum Gasteiger partial charge on any atom is -0.481 e. The first-order chi connectivity index (χ1) is 14.3. The monoisotopic (exact) mass is 428 g/mol. The van der Waals surface area contributed by atoms with Crippen LogP contribution in [0.4, 0.5) is 13.2 Å². The van der Waals surface area contributed by atoms with Crippen molar-refractivity contribution in [3.8, 4) is 0 Å². The van der Waals surface area contributed by atoms with Crippen LogP contribution in [-0.2, 0) is 17.4 Å². The molecule has 0 bridgehead atoms. The van der Waals surface area contributed by atoms with Crippen LogP contribution in [0.15, 0.2) is 24.3 Å². The van der Waals surface area contributed by atoms with Gasteiger partial charge in [0.25, 0.3) is 0 Å². The fourth-order valence-electron chi connectivity index (χ4n) is 4.70. The second-order valence-electron chi connectivity index (χ2n) is 8.71. The maximum atomic E-state index is 12.6. The third-order valence-electron chi connectivity index (χ3n) is 6.43. The van der Waals surface area contributed by atoms with Crippen molar-refractivity contribution in [2.75, 3.05) is 0 Å². The molecule has 1 aliphatic carbocycles. The lowest BCUT2D eigenvalue weighted by Gasteiger charge is -2.22. The van der Waals surface area contributed by atoms with Gasteiger partial charge in [-0.3, -0.25) is 4.79 Å². The highest BCUT2D eigenvalue weighted by molar-refractivity contribution is 5.66. The van der Waals surface area contributed by atoms with E-state index in [1.54, 1.807) is 12.1 Å². The average molecular weight is 429 g/mol. The highest BCUT2D eigenvalue weighted by Crippen LogP contribution is 2.39. The van der Waals surface area contributed by atoms with Gasteiger partial charge in [0.2, 0.25) is 0 Å².